The van der Waals surface area contributed by atoms with Gasteiger partial charge in [-0.25, -0.2) is 15.0 Å². The number of rotatable bonds is 6. The van der Waals surface area contributed by atoms with E-state index < -0.39 is 0 Å². The highest BCUT2D eigenvalue weighted by Gasteiger charge is 2.21. The Balaban J connectivity index is 1.05. The standard InChI is InChI=1S/C52H36N4O/c1-35-16-5-4-12-33-56(41-22-13-21-40(34-41)43-25-15-28-47-49(43)44-23-10-11-27-46(44)57-47)45-26-14-24-42(48(35)45)36-29-31-39(32-30-36)52-54-50(37-17-6-2-7-18-37)53-51(55-52)38-19-8-3-9-20-38/h2-32,34H,1,33H2/b12-4-,16-5-. The van der Waals surface area contributed by atoms with Gasteiger partial charge in [0, 0.05) is 50.9 Å². The van der Waals surface area contributed by atoms with Crippen molar-refractivity contribution < 1.29 is 4.42 Å². The molecule has 3 heterocycles. The van der Waals surface area contributed by atoms with Gasteiger partial charge in [0.1, 0.15) is 11.2 Å². The molecule has 10 rings (SSSR count). The van der Waals surface area contributed by atoms with Crippen molar-refractivity contribution in [2.45, 2.75) is 0 Å². The monoisotopic (exact) mass is 732 g/mol. The maximum absolute atomic E-state index is 6.25. The van der Waals surface area contributed by atoms with E-state index in [-0.39, 0.29) is 0 Å². The summed E-state index contributed by atoms with van der Waals surface area (Å²) in [4.78, 5) is 17.2. The SMILES string of the molecule is C=C1/C=C\C=C/CN(c2cccc(-c3cccc4oc5ccccc5c34)c2)c2cccc(-c3ccc(-c4nc(-c5ccccc5)nc(-c5ccccc5)n4)cc3)c21. The Bertz CT molecular complexity index is 2940. The van der Waals surface area contributed by atoms with Crippen LogP contribution in [0.1, 0.15) is 5.56 Å². The van der Waals surface area contributed by atoms with E-state index in [1.165, 1.54) is 0 Å². The lowest BCUT2D eigenvalue weighted by Gasteiger charge is -2.28. The third kappa shape index (κ3) is 6.41. The smallest absolute Gasteiger partial charge is 0.164 e. The zero-order valence-electron chi connectivity index (χ0n) is 31.1. The van der Waals surface area contributed by atoms with Gasteiger partial charge >= 0.3 is 0 Å². The van der Waals surface area contributed by atoms with Crippen LogP contribution in [0, 0.1) is 0 Å². The van der Waals surface area contributed by atoms with E-state index in [1.807, 2.05) is 78.9 Å². The molecule has 9 aromatic rings. The van der Waals surface area contributed by atoms with Crippen LogP contribution in [0.4, 0.5) is 11.4 Å². The summed E-state index contributed by atoms with van der Waals surface area (Å²) >= 11 is 0. The van der Waals surface area contributed by atoms with Gasteiger partial charge in [0.25, 0.3) is 0 Å². The summed E-state index contributed by atoms with van der Waals surface area (Å²) in [5.41, 5.74) is 13.2. The fourth-order valence-corrected chi connectivity index (χ4v) is 7.78. The van der Waals surface area contributed by atoms with E-state index in [2.05, 4.69) is 127 Å². The van der Waals surface area contributed by atoms with Crippen molar-refractivity contribution >= 4 is 38.9 Å². The summed E-state index contributed by atoms with van der Waals surface area (Å²) < 4.78 is 6.25. The van der Waals surface area contributed by atoms with E-state index in [0.717, 1.165) is 83.4 Å². The van der Waals surface area contributed by atoms with Gasteiger partial charge in [0.2, 0.25) is 0 Å². The largest absolute Gasteiger partial charge is 0.456 e. The number of aromatic nitrogens is 3. The summed E-state index contributed by atoms with van der Waals surface area (Å²) in [5.74, 6) is 1.90. The van der Waals surface area contributed by atoms with Crippen LogP contribution in [0.2, 0.25) is 0 Å². The van der Waals surface area contributed by atoms with E-state index >= 15 is 0 Å². The Morgan fingerprint density at radius 2 is 1.07 bits per heavy atom. The maximum atomic E-state index is 6.25. The van der Waals surface area contributed by atoms with Crippen molar-refractivity contribution in [1.82, 2.24) is 15.0 Å². The van der Waals surface area contributed by atoms with Gasteiger partial charge in [0.05, 0.1) is 0 Å². The molecule has 0 saturated heterocycles. The van der Waals surface area contributed by atoms with Crippen LogP contribution in [-0.2, 0) is 0 Å². The van der Waals surface area contributed by atoms with Crippen LogP contribution >= 0.6 is 0 Å². The molecule has 0 spiro atoms. The Labute approximate surface area is 331 Å². The second kappa shape index (κ2) is 14.5. The highest BCUT2D eigenvalue weighted by molar-refractivity contribution is 6.12. The summed E-state index contributed by atoms with van der Waals surface area (Å²) in [6.07, 6.45) is 8.47. The lowest BCUT2D eigenvalue weighted by atomic mass is 9.92. The van der Waals surface area contributed by atoms with Crippen LogP contribution in [0.15, 0.2) is 205 Å². The zero-order chi connectivity index (χ0) is 38.1. The number of nitrogens with zero attached hydrogens (tertiary/aromatic N) is 4. The third-order valence-electron chi connectivity index (χ3n) is 10.5. The Morgan fingerprint density at radius 3 is 1.81 bits per heavy atom. The van der Waals surface area contributed by atoms with Crippen molar-refractivity contribution in [2.24, 2.45) is 0 Å². The number of anilines is 2. The Kier molecular flexibility index (Phi) is 8.65. The molecule has 7 aromatic carbocycles. The number of benzene rings is 7. The molecule has 1 aliphatic rings. The minimum Gasteiger partial charge on any atom is -0.456 e. The molecule has 0 fully saturated rings. The molecule has 1 aliphatic heterocycles. The fourth-order valence-electron chi connectivity index (χ4n) is 7.78. The van der Waals surface area contributed by atoms with E-state index in [1.54, 1.807) is 0 Å². The average molecular weight is 733 g/mol. The first-order chi connectivity index (χ1) is 28.2. The minimum absolute atomic E-state index is 0.623. The predicted molar refractivity (Wildman–Crippen MR) is 235 cm³/mol. The number of hydrogen-bond acceptors (Lipinski definition) is 5. The molecular weight excluding hydrogens is 697 g/mol. The molecule has 0 aliphatic carbocycles. The number of allylic oxidation sites excluding steroid dienone is 4. The molecule has 0 N–H and O–H groups in total. The van der Waals surface area contributed by atoms with Gasteiger partial charge in [-0.1, -0.05) is 170 Å². The summed E-state index contributed by atoms with van der Waals surface area (Å²) in [6.45, 7) is 5.28. The molecule has 0 amide bonds. The number of para-hydroxylation sites is 1. The van der Waals surface area contributed by atoms with Crippen molar-refractivity contribution in [3.63, 3.8) is 0 Å². The summed E-state index contributed by atoms with van der Waals surface area (Å²) in [6, 6.07) is 58.5. The first-order valence-corrected chi connectivity index (χ1v) is 19.1. The molecule has 0 bridgehead atoms. The van der Waals surface area contributed by atoms with Crippen LogP contribution in [0.25, 0.3) is 83.9 Å². The molecule has 0 saturated carbocycles. The van der Waals surface area contributed by atoms with Crippen molar-refractivity contribution in [2.75, 3.05) is 11.4 Å². The number of furan rings is 1. The fraction of sp³-hybridized carbons (Fsp3) is 0.0192. The quantitative estimate of drug-likeness (QED) is 0.170. The van der Waals surface area contributed by atoms with Crippen LogP contribution in [-0.4, -0.2) is 21.5 Å². The van der Waals surface area contributed by atoms with Crippen LogP contribution in [0.5, 0.6) is 0 Å². The van der Waals surface area contributed by atoms with Gasteiger partial charge in [-0.05, 0) is 58.2 Å². The van der Waals surface area contributed by atoms with E-state index in [4.69, 9.17) is 19.4 Å². The van der Waals surface area contributed by atoms with Crippen LogP contribution in [0.3, 0.4) is 0 Å². The highest BCUT2D eigenvalue weighted by Crippen LogP contribution is 2.42. The minimum atomic E-state index is 0.623. The molecule has 5 nitrogen and oxygen atoms in total. The Morgan fingerprint density at radius 1 is 0.491 bits per heavy atom. The van der Waals surface area contributed by atoms with E-state index in [9.17, 15) is 0 Å². The molecule has 270 valence electrons. The summed E-state index contributed by atoms with van der Waals surface area (Å²) in [7, 11) is 0. The molecule has 0 radical (unpaired) electrons. The normalized spacial score (nSPS) is 13.8. The molecule has 0 atom stereocenters. The van der Waals surface area contributed by atoms with Crippen molar-refractivity contribution in [3.05, 3.63) is 206 Å². The molecule has 57 heavy (non-hydrogen) atoms. The lowest BCUT2D eigenvalue weighted by Crippen LogP contribution is -2.18. The predicted octanol–water partition coefficient (Wildman–Crippen LogP) is 13.4. The Hall–Kier alpha value is -7.63. The topological polar surface area (TPSA) is 55.1 Å². The maximum Gasteiger partial charge on any atom is 0.164 e. The van der Waals surface area contributed by atoms with Gasteiger partial charge < -0.3 is 9.32 Å². The van der Waals surface area contributed by atoms with Crippen molar-refractivity contribution in [1.29, 1.82) is 0 Å². The average Bonchev–Trinajstić information content (AvgIpc) is 3.70. The van der Waals surface area contributed by atoms with Gasteiger partial charge in [-0.15, -0.1) is 0 Å². The molecule has 2 aromatic heterocycles. The molecule has 5 heteroatoms. The van der Waals surface area contributed by atoms with E-state index in [0.29, 0.717) is 24.0 Å². The lowest BCUT2D eigenvalue weighted by molar-refractivity contribution is 0.669. The zero-order valence-corrected chi connectivity index (χ0v) is 31.1. The molecular formula is C52H36N4O. The van der Waals surface area contributed by atoms with Gasteiger partial charge in [-0.2, -0.15) is 0 Å². The number of hydrogen-bond donors (Lipinski definition) is 0. The van der Waals surface area contributed by atoms with Gasteiger partial charge in [0.15, 0.2) is 17.5 Å². The first kappa shape index (κ1) is 33.9. The first-order valence-electron chi connectivity index (χ1n) is 19.1. The third-order valence-corrected chi connectivity index (χ3v) is 10.5. The van der Waals surface area contributed by atoms with Crippen molar-refractivity contribution in [3.8, 4) is 56.4 Å². The summed E-state index contributed by atoms with van der Waals surface area (Å²) in [5, 5.41) is 2.24. The highest BCUT2D eigenvalue weighted by atomic mass is 16.3. The second-order valence-electron chi connectivity index (χ2n) is 14.1. The number of fused-ring (bicyclic) bond motifs is 4. The second-order valence-corrected chi connectivity index (χ2v) is 14.1. The van der Waals surface area contributed by atoms with Gasteiger partial charge in [-0.3, -0.25) is 0 Å². The van der Waals surface area contributed by atoms with Crippen LogP contribution < -0.4 is 4.90 Å². The molecule has 0 unspecified atom stereocenters.